The summed E-state index contributed by atoms with van der Waals surface area (Å²) in [4.78, 5) is 19.1. The Balaban J connectivity index is 1.65. The molecular formula is C19H28N4O2. The van der Waals surface area contributed by atoms with Gasteiger partial charge in [-0.3, -0.25) is 4.90 Å². The van der Waals surface area contributed by atoms with Crippen LogP contribution in [0, 0.1) is 0 Å². The van der Waals surface area contributed by atoms with E-state index in [1.54, 1.807) is 7.11 Å². The van der Waals surface area contributed by atoms with Crippen LogP contribution in [-0.2, 0) is 6.54 Å². The smallest absolute Gasteiger partial charge is 0.324 e. The second kappa shape index (κ2) is 6.50. The summed E-state index contributed by atoms with van der Waals surface area (Å²) in [6, 6.07) is 5.20. The lowest BCUT2D eigenvalue weighted by molar-refractivity contribution is 0.192. The third-order valence-electron chi connectivity index (χ3n) is 5.44. The third-order valence-corrected chi connectivity index (χ3v) is 5.44. The van der Waals surface area contributed by atoms with E-state index >= 15 is 0 Å². The second-order valence-electron chi connectivity index (χ2n) is 7.63. The summed E-state index contributed by atoms with van der Waals surface area (Å²) in [6.45, 7) is 3.46. The number of urea groups is 1. The molecule has 25 heavy (non-hydrogen) atoms. The molecule has 0 radical (unpaired) electrons. The molecule has 1 atom stereocenters. The Morgan fingerprint density at radius 2 is 2.08 bits per heavy atom. The summed E-state index contributed by atoms with van der Waals surface area (Å²) in [5, 5.41) is 3.57. The monoisotopic (exact) mass is 344 g/mol. The lowest BCUT2D eigenvalue weighted by Crippen LogP contribution is -2.50. The van der Waals surface area contributed by atoms with Gasteiger partial charge in [-0.25, -0.2) is 4.79 Å². The van der Waals surface area contributed by atoms with Crippen LogP contribution in [0.2, 0.25) is 0 Å². The van der Waals surface area contributed by atoms with Crippen molar-refractivity contribution in [2.75, 3.05) is 45.7 Å². The molecule has 2 aliphatic heterocycles. The molecule has 2 fully saturated rings. The summed E-state index contributed by atoms with van der Waals surface area (Å²) in [6.07, 6.45) is 3.32. The van der Waals surface area contributed by atoms with Crippen LogP contribution in [0.1, 0.15) is 36.4 Å². The molecule has 0 spiro atoms. The molecule has 1 saturated heterocycles. The van der Waals surface area contributed by atoms with Crippen molar-refractivity contribution < 1.29 is 9.53 Å². The molecule has 1 aromatic carbocycles. The third kappa shape index (κ3) is 3.09. The molecule has 2 heterocycles. The Labute approximate surface area is 149 Å². The zero-order valence-corrected chi connectivity index (χ0v) is 15.4. The molecule has 1 aromatic rings. The molecule has 4 rings (SSSR count). The van der Waals surface area contributed by atoms with Crippen LogP contribution in [-0.4, -0.2) is 62.7 Å². The SMILES string of the molecule is COc1cc2c(cc1N1CCCN(C3CC3)C1=O)CNC2CN(C)C. The minimum Gasteiger partial charge on any atom is -0.495 e. The fourth-order valence-electron chi connectivity index (χ4n) is 4.04. The summed E-state index contributed by atoms with van der Waals surface area (Å²) < 4.78 is 5.68. The minimum atomic E-state index is 0.141. The van der Waals surface area contributed by atoms with Gasteiger partial charge in [-0.2, -0.15) is 0 Å². The largest absolute Gasteiger partial charge is 0.495 e. The number of hydrogen-bond donors (Lipinski definition) is 1. The van der Waals surface area contributed by atoms with E-state index in [0.717, 1.165) is 56.9 Å². The molecule has 1 N–H and O–H groups in total. The molecule has 1 unspecified atom stereocenters. The highest BCUT2D eigenvalue weighted by Crippen LogP contribution is 2.39. The van der Waals surface area contributed by atoms with Gasteiger partial charge in [-0.15, -0.1) is 0 Å². The first-order valence-electron chi connectivity index (χ1n) is 9.25. The van der Waals surface area contributed by atoms with Crippen LogP contribution >= 0.6 is 0 Å². The zero-order chi connectivity index (χ0) is 17.6. The van der Waals surface area contributed by atoms with Gasteiger partial charge in [0.2, 0.25) is 0 Å². The number of carbonyl (C=O) groups is 1. The maximum Gasteiger partial charge on any atom is 0.324 e. The highest BCUT2D eigenvalue weighted by molar-refractivity contribution is 5.95. The highest BCUT2D eigenvalue weighted by Gasteiger charge is 2.38. The van der Waals surface area contributed by atoms with Gasteiger partial charge in [-0.1, -0.05) is 0 Å². The molecule has 1 saturated carbocycles. The Morgan fingerprint density at radius 3 is 2.76 bits per heavy atom. The predicted octanol–water partition coefficient (Wildman–Crippen LogP) is 2.20. The maximum atomic E-state index is 13.0. The fourth-order valence-corrected chi connectivity index (χ4v) is 4.04. The van der Waals surface area contributed by atoms with Gasteiger partial charge in [-0.05, 0) is 56.6 Å². The number of nitrogens with zero attached hydrogens (tertiary/aromatic N) is 3. The first kappa shape index (κ1) is 16.7. The molecule has 6 nitrogen and oxygen atoms in total. The predicted molar refractivity (Wildman–Crippen MR) is 98.2 cm³/mol. The van der Waals surface area contributed by atoms with E-state index in [1.165, 1.54) is 11.1 Å². The number of ether oxygens (including phenoxy) is 1. The first-order chi connectivity index (χ1) is 12.1. The summed E-state index contributed by atoms with van der Waals surface area (Å²) >= 11 is 0. The van der Waals surface area contributed by atoms with Gasteiger partial charge >= 0.3 is 6.03 Å². The van der Waals surface area contributed by atoms with Crippen molar-refractivity contribution in [3.05, 3.63) is 23.3 Å². The minimum absolute atomic E-state index is 0.141. The number of rotatable bonds is 5. The molecular weight excluding hydrogens is 316 g/mol. The Hall–Kier alpha value is -1.79. The van der Waals surface area contributed by atoms with Crippen LogP contribution in [0.4, 0.5) is 10.5 Å². The lowest BCUT2D eigenvalue weighted by atomic mass is 10.0. The zero-order valence-electron chi connectivity index (χ0n) is 15.4. The van der Waals surface area contributed by atoms with Crippen molar-refractivity contribution >= 4 is 11.7 Å². The average molecular weight is 344 g/mol. The van der Waals surface area contributed by atoms with Gasteiger partial charge in [0.25, 0.3) is 0 Å². The molecule has 3 aliphatic rings. The van der Waals surface area contributed by atoms with Crippen molar-refractivity contribution in [3.8, 4) is 5.75 Å². The number of nitrogens with one attached hydrogen (secondary N) is 1. The highest BCUT2D eigenvalue weighted by atomic mass is 16.5. The summed E-state index contributed by atoms with van der Waals surface area (Å²) in [5.74, 6) is 0.803. The van der Waals surface area contributed by atoms with Crippen molar-refractivity contribution in [2.45, 2.75) is 37.9 Å². The van der Waals surface area contributed by atoms with Gasteiger partial charge < -0.3 is 19.9 Å². The van der Waals surface area contributed by atoms with Gasteiger partial charge in [0, 0.05) is 38.3 Å². The van der Waals surface area contributed by atoms with Crippen LogP contribution in [0.5, 0.6) is 5.75 Å². The van der Waals surface area contributed by atoms with E-state index in [1.807, 2.05) is 9.80 Å². The molecule has 0 aromatic heterocycles. The first-order valence-corrected chi connectivity index (χ1v) is 9.25. The quantitative estimate of drug-likeness (QED) is 0.890. The molecule has 1 aliphatic carbocycles. The van der Waals surface area contributed by atoms with Gasteiger partial charge in [0.15, 0.2) is 0 Å². The number of hydrogen-bond acceptors (Lipinski definition) is 4. The van der Waals surface area contributed by atoms with Crippen molar-refractivity contribution in [3.63, 3.8) is 0 Å². The molecule has 2 amide bonds. The Bertz CT molecular complexity index is 672. The summed E-state index contributed by atoms with van der Waals surface area (Å²) in [7, 11) is 5.87. The van der Waals surface area contributed by atoms with Crippen LogP contribution in [0.3, 0.4) is 0 Å². The number of amides is 2. The van der Waals surface area contributed by atoms with E-state index in [-0.39, 0.29) is 6.03 Å². The maximum absolute atomic E-state index is 13.0. The van der Waals surface area contributed by atoms with Crippen molar-refractivity contribution in [1.29, 1.82) is 0 Å². The number of likely N-dealkylation sites (N-methyl/N-ethyl adjacent to an activating group) is 1. The normalized spacial score (nSPS) is 23.4. The number of benzene rings is 1. The standard InChI is InChI=1S/C19H28N4O2/c1-21(2)12-16-15-10-18(25-3)17(9-13(15)11-20-16)23-8-4-7-22(19(23)24)14-5-6-14/h9-10,14,16,20H,4-8,11-12H2,1-3H3. The van der Waals surface area contributed by atoms with E-state index in [4.69, 9.17) is 4.74 Å². The topological polar surface area (TPSA) is 48.1 Å². The van der Waals surface area contributed by atoms with Crippen molar-refractivity contribution in [1.82, 2.24) is 15.1 Å². The number of methoxy groups -OCH3 is 1. The molecule has 0 bridgehead atoms. The van der Waals surface area contributed by atoms with Crippen LogP contribution < -0.4 is 15.0 Å². The Morgan fingerprint density at radius 1 is 1.28 bits per heavy atom. The van der Waals surface area contributed by atoms with Crippen molar-refractivity contribution in [2.24, 2.45) is 0 Å². The van der Waals surface area contributed by atoms with Gasteiger partial charge in [0.05, 0.1) is 12.8 Å². The number of anilines is 1. The lowest BCUT2D eigenvalue weighted by Gasteiger charge is -2.36. The van der Waals surface area contributed by atoms with Crippen LogP contribution in [0.15, 0.2) is 12.1 Å². The van der Waals surface area contributed by atoms with E-state index in [9.17, 15) is 4.79 Å². The summed E-state index contributed by atoms with van der Waals surface area (Å²) in [5.41, 5.74) is 3.49. The van der Waals surface area contributed by atoms with E-state index in [2.05, 4.69) is 36.4 Å². The van der Waals surface area contributed by atoms with E-state index < -0.39 is 0 Å². The van der Waals surface area contributed by atoms with Crippen LogP contribution in [0.25, 0.3) is 0 Å². The molecule has 136 valence electrons. The fraction of sp³-hybridized carbons (Fsp3) is 0.632. The second-order valence-corrected chi connectivity index (χ2v) is 7.63. The van der Waals surface area contributed by atoms with Gasteiger partial charge in [0.1, 0.15) is 5.75 Å². The average Bonchev–Trinajstić information content (AvgIpc) is 3.36. The van der Waals surface area contributed by atoms with E-state index in [0.29, 0.717) is 12.1 Å². The molecule has 6 heteroatoms. The number of fused-ring (bicyclic) bond motifs is 1. The number of carbonyl (C=O) groups excluding carboxylic acids is 1. The Kier molecular flexibility index (Phi) is 4.33.